The van der Waals surface area contributed by atoms with Gasteiger partial charge < -0.3 is 30.0 Å². The Balaban J connectivity index is 1.19. The number of H-pyrrole nitrogens is 1. The largest absolute Gasteiger partial charge is 0.355 e. The van der Waals surface area contributed by atoms with E-state index in [1.807, 2.05) is 96.2 Å². The molecule has 0 saturated carbocycles. The minimum absolute atomic E-state index is 0.00832. The van der Waals surface area contributed by atoms with Crippen LogP contribution < -0.4 is 15.5 Å². The van der Waals surface area contributed by atoms with Crippen molar-refractivity contribution in [1.82, 2.24) is 29.7 Å². The highest BCUT2D eigenvalue weighted by atomic mass is 35.5. The molecule has 51 heavy (non-hydrogen) atoms. The van der Waals surface area contributed by atoms with E-state index in [0.717, 1.165) is 52.8 Å². The lowest BCUT2D eigenvalue weighted by Crippen LogP contribution is -2.46. The van der Waals surface area contributed by atoms with E-state index in [1.54, 1.807) is 6.20 Å². The number of carbonyl (C=O) groups excluding carboxylic acids is 2. The van der Waals surface area contributed by atoms with E-state index in [2.05, 4.69) is 32.0 Å². The quantitative estimate of drug-likeness (QED) is 0.147. The molecule has 0 spiro atoms. The number of aromatic amines is 1. The maximum Gasteiger partial charge on any atom is 0.317 e. The summed E-state index contributed by atoms with van der Waals surface area (Å²) in [6, 6.07) is 27.1. The predicted molar refractivity (Wildman–Crippen MR) is 203 cm³/mol. The van der Waals surface area contributed by atoms with Crippen LogP contribution in [0.5, 0.6) is 0 Å². The van der Waals surface area contributed by atoms with Crippen molar-refractivity contribution in [3.05, 3.63) is 119 Å². The summed E-state index contributed by atoms with van der Waals surface area (Å²) in [5, 5.41) is 8.16. The molecule has 2 aliphatic rings. The molecular formula is C39H36Cl2N8O2. The Morgan fingerprint density at radius 1 is 0.922 bits per heavy atom. The van der Waals surface area contributed by atoms with Crippen molar-refractivity contribution < 1.29 is 9.59 Å². The third-order valence-corrected chi connectivity index (χ3v) is 10.5. The van der Waals surface area contributed by atoms with Crippen molar-refractivity contribution in [2.45, 2.75) is 31.8 Å². The zero-order valence-corrected chi connectivity index (χ0v) is 29.5. The molecule has 6 aromatic rings. The summed E-state index contributed by atoms with van der Waals surface area (Å²) >= 11 is 12.8. The smallest absolute Gasteiger partial charge is 0.317 e. The standard InChI is InChI=1S/C39H36Cl2N8O2/c1-24(25-9-11-27(40)12-10-25)49-23-44-34(26-6-3-2-4-7-26)36(49)33-30-14-13-28(41)22-32(30)45-35(33)38(50)46-31-8-5-17-42-37(31)47-19-15-29(16-20-47)48-21-18-43-39(48)51/h2-14,17,22-24,29,45H,15-16,18-21H2,1H3,(H,43,51)(H,46,50). The van der Waals surface area contributed by atoms with Gasteiger partial charge in [0, 0.05) is 70.5 Å². The van der Waals surface area contributed by atoms with Gasteiger partial charge in [0.1, 0.15) is 5.69 Å². The van der Waals surface area contributed by atoms with Crippen molar-refractivity contribution >= 4 is 57.5 Å². The number of pyridine rings is 1. The second-order valence-corrected chi connectivity index (χ2v) is 13.9. The fraction of sp³-hybridized carbons (Fsp3) is 0.231. The molecule has 1 unspecified atom stereocenters. The summed E-state index contributed by atoms with van der Waals surface area (Å²) in [6.07, 6.45) is 5.22. The van der Waals surface area contributed by atoms with Gasteiger partial charge in [-0.05, 0) is 61.7 Å². The number of fused-ring (bicyclic) bond motifs is 1. The highest BCUT2D eigenvalue weighted by Gasteiger charge is 2.32. The molecule has 3 amide bonds. The van der Waals surface area contributed by atoms with Crippen molar-refractivity contribution in [2.24, 2.45) is 0 Å². The van der Waals surface area contributed by atoms with E-state index in [0.29, 0.717) is 52.4 Å². The van der Waals surface area contributed by atoms with E-state index >= 15 is 0 Å². The molecule has 0 bridgehead atoms. The van der Waals surface area contributed by atoms with Gasteiger partial charge in [-0.15, -0.1) is 0 Å². The Kier molecular flexibility index (Phi) is 8.87. The van der Waals surface area contributed by atoms with Crippen molar-refractivity contribution in [3.8, 4) is 22.5 Å². The zero-order valence-electron chi connectivity index (χ0n) is 27.9. The lowest BCUT2D eigenvalue weighted by molar-refractivity contribution is 0.102. The topological polar surface area (TPSA) is 111 Å². The average molecular weight is 720 g/mol. The van der Waals surface area contributed by atoms with Crippen LogP contribution in [-0.4, -0.2) is 68.6 Å². The third kappa shape index (κ3) is 6.30. The summed E-state index contributed by atoms with van der Waals surface area (Å²) in [5.41, 5.74) is 5.94. The number of nitrogens with one attached hydrogen (secondary N) is 3. The lowest BCUT2D eigenvalue weighted by atomic mass is 9.99. The van der Waals surface area contributed by atoms with E-state index in [4.69, 9.17) is 33.2 Å². The normalized spacial score (nSPS) is 15.7. The molecule has 3 aromatic heterocycles. The Morgan fingerprint density at radius 2 is 1.69 bits per heavy atom. The van der Waals surface area contributed by atoms with Gasteiger partial charge in [0.15, 0.2) is 5.82 Å². The second-order valence-electron chi connectivity index (χ2n) is 13.0. The number of benzene rings is 3. The van der Waals surface area contributed by atoms with Gasteiger partial charge in [0.2, 0.25) is 0 Å². The summed E-state index contributed by atoms with van der Waals surface area (Å²) in [6.45, 7) is 4.95. The van der Waals surface area contributed by atoms with Crippen LogP contribution in [-0.2, 0) is 0 Å². The van der Waals surface area contributed by atoms with Crippen LogP contribution in [0.1, 0.15) is 41.9 Å². The molecule has 258 valence electrons. The van der Waals surface area contributed by atoms with Crippen LogP contribution in [0.15, 0.2) is 97.5 Å². The molecule has 3 N–H and O–H groups in total. The number of hydrogen-bond acceptors (Lipinski definition) is 5. The van der Waals surface area contributed by atoms with E-state index < -0.39 is 0 Å². The monoisotopic (exact) mass is 718 g/mol. The van der Waals surface area contributed by atoms with E-state index in [9.17, 15) is 9.59 Å². The molecular weight excluding hydrogens is 683 g/mol. The van der Waals surface area contributed by atoms with Crippen molar-refractivity contribution in [3.63, 3.8) is 0 Å². The van der Waals surface area contributed by atoms with Crippen LogP contribution in [0.4, 0.5) is 16.3 Å². The molecule has 8 rings (SSSR count). The number of nitrogens with zero attached hydrogens (tertiary/aromatic N) is 5. The number of halogens is 2. The third-order valence-electron chi connectivity index (χ3n) is 9.96. The molecule has 2 saturated heterocycles. The molecule has 0 radical (unpaired) electrons. The number of imidazole rings is 1. The number of anilines is 2. The summed E-state index contributed by atoms with van der Waals surface area (Å²) < 4.78 is 2.11. The van der Waals surface area contributed by atoms with Crippen LogP contribution >= 0.6 is 23.2 Å². The van der Waals surface area contributed by atoms with Gasteiger partial charge in [0.05, 0.1) is 29.4 Å². The summed E-state index contributed by atoms with van der Waals surface area (Å²) in [4.78, 5) is 44.1. The van der Waals surface area contributed by atoms with Gasteiger partial charge in [0.25, 0.3) is 5.91 Å². The summed E-state index contributed by atoms with van der Waals surface area (Å²) in [5.74, 6) is 0.378. The first-order valence-corrected chi connectivity index (χ1v) is 17.9. The lowest BCUT2D eigenvalue weighted by Gasteiger charge is -2.37. The molecule has 12 heteroatoms. The first-order chi connectivity index (χ1) is 24.9. The number of rotatable bonds is 8. The van der Waals surface area contributed by atoms with Crippen LogP contribution in [0.3, 0.4) is 0 Å². The highest BCUT2D eigenvalue weighted by molar-refractivity contribution is 6.31. The van der Waals surface area contributed by atoms with Gasteiger partial charge >= 0.3 is 6.03 Å². The minimum atomic E-state index is -0.318. The molecule has 1 atom stereocenters. The maximum absolute atomic E-state index is 14.6. The number of aromatic nitrogens is 4. The van der Waals surface area contributed by atoms with Crippen LogP contribution in [0.25, 0.3) is 33.4 Å². The minimum Gasteiger partial charge on any atom is -0.355 e. The SMILES string of the molecule is CC(c1ccc(Cl)cc1)n1cnc(-c2ccccc2)c1-c1c(C(=O)Nc2cccnc2N2CCC(N3CCNC3=O)CC2)[nH]c2cc(Cl)ccc12. The van der Waals surface area contributed by atoms with Gasteiger partial charge in [-0.1, -0.05) is 71.7 Å². The fourth-order valence-electron chi connectivity index (χ4n) is 7.35. The first-order valence-electron chi connectivity index (χ1n) is 17.1. The predicted octanol–water partition coefficient (Wildman–Crippen LogP) is 8.26. The molecule has 2 aliphatic heterocycles. The van der Waals surface area contributed by atoms with Crippen LogP contribution in [0, 0.1) is 0 Å². The highest BCUT2D eigenvalue weighted by Crippen LogP contribution is 2.42. The van der Waals surface area contributed by atoms with E-state index in [1.165, 1.54) is 0 Å². The van der Waals surface area contributed by atoms with Gasteiger partial charge in [-0.3, -0.25) is 4.79 Å². The number of hydrogen-bond donors (Lipinski definition) is 3. The van der Waals surface area contributed by atoms with Crippen molar-refractivity contribution in [1.29, 1.82) is 0 Å². The molecule has 3 aromatic carbocycles. The summed E-state index contributed by atoms with van der Waals surface area (Å²) in [7, 11) is 0. The molecule has 0 aliphatic carbocycles. The van der Waals surface area contributed by atoms with Crippen molar-refractivity contribution in [2.75, 3.05) is 36.4 Å². The Morgan fingerprint density at radius 3 is 2.43 bits per heavy atom. The number of carbonyl (C=O) groups is 2. The maximum atomic E-state index is 14.6. The second kappa shape index (κ2) is 13.8. The molecule has 10 nitrogen and oxygen atoms in total. The number of urea groups is 1. The Bertz CT molecular complexity index is 2230. The molecule has 2 fully saturated rings. The van der Waals surface area contributed by atoms with Crippen LogP contribution in [0.2, 0.25) is 10.0 Å². The Hall–Kier alpha value is -5.32. The van der Waals surface area contributed by atoms with E-state index in [-0.39, 0.29) is 24.0 Å². The number of piperidine rings is 1. The van der Waals surface area contributed by atoms with Gasteiger partial charge in [-0.25, -0.2) is 14.8 Å². The average Bonchev–Trinajstić information content (AvgIpc) is 3.89. The Labute approximate surface area is 305 Å². The molecule has 5 heterocycles. The zero-order chi connectivity index (χ0) is 35.1. The number of amides is 3. The van der Waals surface area contributed by atoms with Gasteiger partial charge in [-0.2, -0.15) is 0 Å². The first kappa shape index (κ1) is 32.9. The fourth-order valence-corrected chi connectivity index (χ4v) is 7.65.